The van der Waals surface area contributed by atoms with E-state index in [-0.39, 0.29) is 6.10 Å². The van der Waals surface area contributed by atoms with Crippen molar-refractivity contribution >= 4 is 0 Å². The Morgan fingerprint density at radius 3 is 2.62 bits per heavy atom. The number of rotatable bonds is 9. The molecular weight excluding hydrogens is 164 g/mol. The maximum absolute atomic E-state index is 5.39. The smallest absolute Gasteiger partial charge is 0.0804 e. The van der Waals surface area contributed by atoms with Gasteiger partial charge in [0.25, 0.3) is 0 Å². The molecule has 0 N–H and O–H groups in total. The number of hydrogen-bond donors (Lipinski definition) is 0. The minimum Gasteiger partial charge on any atom is -0.379 e. The lowest BCUT2D eigenvalue weighted by molar-refractivity contribution is 0.00942. The van der Waals surface area contributed by atoms with Gasteiger partial charge in [0.1, 0.15) is 0 Å². The van der Waals surface area contributed by atoms with Gasteiger partial charge in [0.05, 0.1) is 12.7 Å². The molecule has 0 saturated carbocycles. The lowest BCUT2D eigenvalue weighted by Crippen LogP contribution is -2.18. The molecule has 1 radical (unpaired) electrons. The summed E-state index contributed by atoms with van der Waals surface area (Å²) in [6, 6.07) is 0. The largest absolute Gasteiger partial charge is 0.379 e. The van der Waals surface area contributed by atoms with Crippen LogP contribution in [0.5, 0.6) is 0 Å². The van der Waals surface area contributed by atoms with Gasteiger partial charge in [-0.1, -0.05) is 33.1 Å². The van der Waals surface area contributed by atoms with Crippen LogP contribution in [0.15, 0.2) is 0 Å². The molecule has 0 rings (SSSR count). The molecule has 0 aromatic heterocycles. The van der Waals surface area contributed by atoms with Gasteiger partial charge >= 0.3 is 0 Å². The summed E-state index contributed by atoms with van der Waals surface area (Å²) in [5.41, 5.74) is 0. The fraction of sp³-hybridized carbons (Fsp3) is 0.909. The van der Waals surface area contributed by atoms with Gasteiger partial charge in [-0.3, -0.25) is 0 Å². The first kappa shape index (κ1) is 12.9. The van der Waals surface area contributed by atoms with Gasteiger partial charge < -0.3 is 9.47 Å². The van der Waals surface area contributed by atoms with Crippen molar-refractivity contribution in [1.82, 2.24) is 0 Å². The van der Waals surface area contributed by atoms with E-state index < -0.39 is 0 Å². The molecule has 0 fully saturated rings. The van der Waals surface area contributed by atoms with Gasteiger partial charge in [-0.25, -0.2) is 0 Å². The maximum atomic E-state index is 5.39. The molecule has 1 atom stereocenters. The van der Waals surface area contributed by atoms with E-state index in [1.165, 1.54) is 19.3 Å². The van der Waals surface area contributed by atoms with E-state index in [1.54, 1.807) is 7.11 Å². The minimum atomic E-state index is 0.284. The Balaban J connectivity index is 3.28. The van der Waals surface area contributed by atoms with Crippen LogP contribution >= 0.6 is 0 Å². The molecule has 0 saturated heterocycles. The van der Waals surface area contributed by atoms with E-state index in [0.29, 0.717) is 0 Å². The van der Waals surface area contributed by atoms with E-state index in [2.05, 4.69) is 6.92 Å². The van der Waals surface area contributed by atoms with Crippen molar-refractivity contribution in [3.05, 3.63) is 6.42 Å². The van der Waals surface area contributed by atoms with Gasteiger partial charge in [0, 0.05) is 13.7 Å². The highest BCUT2D eigenvalue weighted by Crippen LogP contribution is 2.06. The van der Waals surface area contributed by atoms with Crippen molar-refractivity contribution in [2.75, 3.05) is 20.3 Å². The molecule has 2 heteroatoms. The van der Waals surface area contributed by atoms with E-state index in [0.717, 1.165) is 19.6 Å². The van der Waals surface area contributed by atoms with Gasteiger partial charge in [0.2, 0.25) is 0 Å². The van der Waals surface area contributed by atoms with Crippen LogP contribution in [0.1, 0.15) is 39.5 Å². The molecule has 13 heavy (non-hydrogen) atoms. The monoisotopic (exact) mass is 187 g/mol. The first-order chi connectivity index (χ1) is 6.35. The lowest BCUT2D eigenvalue weighted by Gasteiger charge is -2.14. The average Bonchev–Trinajstić information content (AvgIpc) is 2.16. The molecule has 0 aliphatic rings. The summed E-state index contributed by atoms with van der Waals surface area (Å²) in [5.74, 6) is 0. The Morgan fingerprint density at radius 2 is 2.08 bits per heavy atom. The summed E-state index contributed by atoms with van der Waals surface area (Å²) < 4.78 is 10.7. The standard InChI is InChI=1S/C11H23O2/c1-4-6-7-8-11(12-3)10-13-9-5-2/h5,11H,4,6-10H2,1-3H3. The summed E-state index contributed by atoms with van der Waals surface area (Å²) in [6.45, 7) is 5.67. The van der Waals surface area contributed by atoms with Crippen molar-refractivity contribution in [2.24, 2.45) is 0 Å². The first-order valence-electron chi connectivity index (χ1n) is 5.23. The van der Waals surface area contributed by atoms with Crippen molar-refractivity contribution in [1.29, 1.82) is 0 Å². The van der Waals surface area contributed by atoms with E-state index >= 15 is 0 Å². The van der Waals surface area contributed by atoms with Crippen LogP contribution in [0.2, 0.25) is 0 Å². The highest BCUT2D eigenvalue weighted by molar-refractivity contribution is 4.58. The fourth-order valence-corrected chi connectivity index (χ4v) is 1.21. The van der Waals surface area contributed by atoms with Crippen LogP contribution in [-0.2, 0) is 9.47 Å². The molecule has 0 aromatic rings. The minimum absolute atomic E-state index is 0.284. The number of ether oxygens (including phenoxy) is 2. The van der Waals surface area contributed by atoms with Crippen molar-refractivity contribution in [3.63, 3.8) is 0 Å². The molecule has 0 spiro atoms. The summed E-state index contributed by atoms with van der Waals surface area (Å²) >= 11 is 0. The van der Waals surface area contributed by atoms with Crippen LogP contribution in [0.4, 0.5) is 0 Å². The van der Waals surface area contributed by atoms with Crippen LogP contribution in [0, 0.1) is 6.42 Å². The second-order valence-corrected chi connectivity index (χ2v) is 3.30. The molecule has 0 bridgehead atoms. The summed E-state index contributed by atoms with van der Waals surface area (Å²) in [6.07, 6.45) is 7.22. The highest BCUT2D eigenvalue weighted by Gasteiger charge is 2.05. The second-order valence-electron chi connectivity index (χ2n) is 3.30. The van der Waals surface area contributed by atoms with Crippen LogP contribution in [-0.4, -0.2) is 26.4 Å². The molecule has 0 heterocycles. The van der Waals surface area contributed by atoms with E-state index in [4.69, 9.17) is 9.47 Å². The average molecular weight is 187 g/mol. The predicted molar refractivity (Wildman–Crippen MR) is 55.7 cm³/mol. The lowest BCUT2D eigenvalue weighted by atomic mass is 10.1. The zero-order valence-electron chi connectivity index (χ0n) is 9.21. The van der Waals surface area contributed by atoms with Gasteiger partial charge in [-0.05, 0) is 12.8 Å². The molecule has 0 amide bonds. The third kappa shape index (κ3) is 8.26. The molecule has 0 aliphatic heterocycles. The molecule has 79 valence electrons. The third-order valence-corrected chi connectivity index (χ3v) is 2.05. The number of unbranched alkanes of at least 4 members (excludes halogenated alkanes) is 2. The van der Waals surface area contributed by atoms with Gasteiger partial charge in [-0.2, -0.15) is 0 Å². The SMILES string of the molecule is C[CH]COCC(CCCCC)OC. The molecule has 1 unspecified atom stereocenters. The molecular formula is C11H23O2. The van der Waals surface area contributed by atoms with Crippen LogP contribution in [0.25, 0.3) is 0 Å². The highest BCUT2D eigenvalue weighted by atomic mass is 16.5. The Hall–Kier alpha value is -0.0800. The quantitative estimate of drug-likeness (QED) is 0.517. The Kier molecular flexibility index (Phi) is 9.94. The van der Waals surface area contributed by atoms with Crippen molar-refractivity contribution in [2.45, 2.75) is 45.6 Å². The van der Waals surface area contributed by atoms with Crippen LogP contribution in [0.3, 0.4) is 0 Å². The predicted octanol–water partition coefficient (Wildman–Crippen LogP) is 2.82. The zero-order valence-corrected chi connectivity index (χ0v) is 9.21. The Bertz CT molecular complexity index is 84.1. The first-order valence-corrected chi connectivity index (χ1v) is 5.23. The fourth-order valence-electron chi connectivity index (χ4n) is 1.21. The van der Waals surface area contributed by atoms with Crippen LogP contribution < -0.4 is 0 Å². The zero-order chi connectivity index (χ0) is 9.94. The molecule has 0 aliphatic carbocycles. The summed E-state index contributed by atoms with van der Waals surface area (Å²) in [5, 5.41) is 0. The van der Waals surface area contributed by atoms with Crippen molar-refractivity contribution < 1.29 is 9.47 Å². The summed E-state index contributed by atoms with van der Waals surface area (Å²) in [4.78, 5) is 0. The number of methoxy groups -OCH3 is 1. The Morgan fingerprint density at radius 1 is 1.31 bits per heavy atom. The number of hydrogen-bond acceptors (Lipinski definition) is 2. The maximum Gasteiger partial charge on any atom is 0.0804 e. The van der Waals surface area contributed by atoms with E-state index in [1.807, 2.05) is 13.3 Å². The van der Waals surface area contributed by atoms with Gasteiger partial charge in [-0.15, -0.1) is 0 Å². The molecule has 0 aromatic carbocycles. The third-order valence-electron chi connectivity index (χ3n) is 2.05. The Labute approximate surface area is 82.6 Å². The normalized spacial score (nSPS) is 13.2. The van der Waals surface area contributed by atoms with Crippen molar-refractivity contribution in [3.8, 4) is 0 Å². The van der Waals surface area contributed by atoms with Gasteiger partial charge in [0.15, 0.2) is 0 Å². The van der Waals surface area contributed by atoms with E-state index in [9.17, 15) is 0 Å². The topological polar surface area (TPSA) is 18.5 Å². The molecule has 2 nitrogen and oxygen atoms in total. The second kappa shape index (κ2) is 10.0. The summed E-state index contributed by atoms with van der Waals surface area (Å²) in [7, 11) is 1.76.